The molecule has 0 fully saturated rings. The Morgan fingerprint density at radius 3 is 2.52 bits per heavy atom. The molecular weight excluding hydrogens is 326 g/mol. The number of rotatable bonds is 7. The lowest BCUT2D eigenvalue weighted by Gasteiger charge is -2.19. The molecule has 1 unspecified atom stereocenters. The second-order valence-corrected chi connectivity index (χ2v) is 6.19. The highest BCUT2D eigenvalue weighted by molar-refractivity contribution is 9.10. The second-order valence-electron chi connectivity index (χ2n) is 5.27. The summed E-state index contributed by atoms with van der Waals surface area (Å²) in [5.41, 5.74) is 8.34. The van der Waals surface area contributed by atoms with Crippen LogP contribution in [0.25, 0.3) is 0 Å². The zero-order valence-corrected chi connectivity index (χ0v) is 13.9. The highest BCUT2D eigenvalue weighted by Gasteiger charge is 2.10. The van der Waals surface area contributed by atoms with Crippen molar-refractivity contribution in [2.24, 2.45) is 0 Å². The van der Waals surface area contributed by atoms with E-state index in [-0.39, 0.29) is 0 Å². The Balaban J connectivity index is 2.04. The van der Waals surface area contributed by atoms with Crippen LogP contribution in [0.1, 0.15) is 24.5 Å². The normalized spacial score (nSPS) is 12.3. The van der Waals surface area contributed by atoms with Gasteiger partial charge in [-0.15, -0.1) is 0 Å². The monoisotopic (exact) mass is 347 g/mol. The minimum absolute atomic E-state index is 0.410. The van der Waals surface area contributed by atoms with E-state index in [1.54, 1.807) is 6.20 Å². The zero-order chi connectivity index (χ0) is 15.1. The number of hydrogen-bond acceptors (Lipinski definition) is 3. The third-order valence-corrected chi connectivity index (χ3v) is 3.93. The van der Waals surface area contributed by atoms with Gasteiger partial charge >= 0.3 is 0 Å². The fourth-order valence-electron chi connectivity index (χ4n) is 2.38. The van der Waals surface area contributed by atoms with E-state index >= 15 is 0 Å². The Bertz CT molecular complexity index is 554. The average molecular weight is 348 g/mol. The molecule has 3 nitrogen and oxygen atoms in total. The molecule has 0 bridgehead atoms. The van der Waals surface area contributed by atoms with Gasteiger partial charge in [0.25, 0.3) is 0 Å². The lowest BCUT2D eigenvalue weighted by atomic mass is 9.99. The largest absolute Gasteiger partial charge is 0.384 e. The van der Waals surface area contributed by atoms with Crippen LogP contribution in [0, 0.1) is 0 Å². The number of pyridine rings is 1. The SMILES string of the molecule is CCCNC(Cc1ccc(Br)cc1)Cc1ccnc(N)c1. The minimum Gasteiger partial charge on any atom is -0.384 e. The Hall–Kier alpha value is -1.39. The molecule has 2 aromatic rings. The summed E-state index contributed by atoms with van der Waals surface area (Å²) in [6.07, 6.45) is 4.88. The van der Waals surface area contributed by atoms with Gasteiger partial charge in [-0.2, -0.15) is 0 Å². The molecule has 1 aromatic heterocycles. The fraction of sp³-hybridized carbons (Fsp3) is 0.353. The maximum atomic E-state index is 5.77. The molecule has 0 aliphatic heterocycles. The van der Waals surface area contributed by atoms with E-state index in [0.717, 1.165) is 30.3 Å². The van der Waals surface area contributed by atoms with Crippen molar-refractivity contribution in [1.82, 2.24) is 10.3 Å². The van der Waals surface area contributed by atoms with Gasteiger partial charge in [0.2, 0.25) is 0 Å². The van der Waals surface area contributed by atoms with E-state index in [1.165, 1.54) is 11.1 Å². The van der Waals surface area contributed by atoms with E-state index in [0.29, 0.717) is 11.9 Å². The highest BCUT2D eigenvalue weighted by Crippen LogP contribution is 2.14. The molecule has 0 saturated carbocycles. The van der Waals surface area contributed by atoms with Gasteiger partial charge in [0.15, 0.2) is 0 Å². The molecule has 0 saturated heterocycles. The molecule has 1 heterocycles. The number of halogens is 1. The molecule has 0 amide bonds. The smallest absolute Gasteiger partial charge is 0.123 e. The first-order chi connectivity index (χ1) is 10.2. The third-order valence-electron chi connectivity index (χ3n) is 3.41. The van der Waals surface area contributed by atoms with E-state index < -0.39 is 0 Å². The van der Waals surface area contributed by atoms with Crippen molar-refractivity contribution in [2.75, 3.05) is 12.3 Å². The Morgan fingerprint density at radius 1 is 1.14 bits per heavy atom. The van der Waals surface area contributed by atoms with Crippen LogP contribution in [0.3, 0.4) is 0 Å². The van der Waals surface area contributed by atoms with Crippen LogP contribution in [0.15, 0.2) is 47.1 Å². The topological polar surface area (TPSA) is 50.9 Å². The molecule has 1 atom stereocenters. The summed E-state index contributed by atoms with van der Waals surface area (Å²) < 4.78 is 1.12. The first kappa shape index (κ1) is 16.0. The number of nitrogens with zero attached hydrogens (tertiary/aromatic N) is 1. The predicted molar refractivity (Wildman–Crippen MR) is 92.3 cm³/mol. The van der Waals surface area contributed by atoms with Crippen LogP contribution in [0.2, 0.25) is 0 Å². The zero-order valence-electron chi connectivity index (χ0n) is 12.3. The molecule has 3 N–H and O–H groups in total. The summed E-state index contributed by atoms with van der Waals surface area (Å²) in [6, 6.07) is 12.9. The Labute approximate surface area is 135 Å². The van der Waals surface area contributed by atoms with E-state index in [9.17, 15) is 0 Å². The number of hydrogen-bond donors (Lipinski definition) is 2. The van der Waals surface area contributed by atoms with Gasteiger partial charge in [0, 0.05) is 16.7 Å². The Morgan fingerprint density at radius 2 is 1.86 bits per heavy atom. The van der Waals surface area contributed by atoms with Crippen LogP contribution in [0.4, 0.5) is 5.82 Å². The van der Waals surface area contributed by atoms with Crippen molar-refractivity contribution in [1.29, 1.82) is 0 Å². The lowest BCUT2D eigenvalue weighted by molar-refractivity contribution is 0.504. The number of nitrogens with one attached hydrogen (secondary N) is 1. The maximum Gasteiger partial charge on any atom is 0.123 e. The summed E-state index contributed by atoms with van der Waals surface area (Å²) >= 11 is 3.48. The molecule has 4 heteroatoms. The second kappa shape index (κ2) is 8.15. The van der Waals surface area contributed by atoms with Crippen molar-refractivity contribution in [2.45, 2.75) is 32.2 Å². The average Bonchev–Trinajstić information content (AvgIpc) is 2.47. The third kappa shape index (κ3) is 5.48. The molecule has 0 aliphatic rings. The van der Waals surface area contributed by atoms with Gasteiger partial charge in [-0.1, -0.05) is 35.0 Å². The van der Waals surface area contributed by atoms with Crippen molar-refractivity contribution in [3.63, 3.8) is 0 Å². The lowest BCUT2D eigenvalue weighted by Crippen LogP contribution is -2.33. The van der Waals surface area contributed by atoms with Crippen LogP contribution in [-0.4, -0.2) is 17.6 Å². The highest BCUT2D eigenvalue weighted by atomic mass is 79.9. The summed E-state index contributed by atoms with van der Waals surface area (Å²) in [4.78, 5) is 4.06. The Kier molecular flexibility index (Phi) is 6.21. The number of aromatic nitrogens is 1. The van der Waals surface area contributed by atoms with Crippen molar-refractivity contribution in [3.8, 4) is 0 Å². The van der Waals surface area contributed by atoms with Gasteiger partial charge in [-0.05, 0) is 61.2 Å². The number of nitrogens with two attached hydrogens (primary N) is 1. The summed E-state index contributed by atoms with van der Waals surface area (Å²) in [7, 11) is 0. The van der Waals surface area contributed by atoms with Gasteiger partial charge in [-0.25, -0.2) is 4.98 Å². The number of nitrogen functional groups attached to an aromatic ring is 1. The van der Waals surface area contributed by atoms with Crippen LogP contribution < -0.4 is 11.1 Å². The van der Waals surface area contributed by atoms with Crippen molar-refractivity contribution in [3.05, 3.63) is 58.2 Å². The molecule has 0 spiro atoms. The molecular formula is C17H22BrN3. The van der Waals surface area contributed by atoms with Crippen LogP contribution >= 0.6 is 15.9 Å². The van der Waals surface area contributed by atoms with E-state index in [2.05, 4.69) is 57.4 Å². The van der Waals surface area contributed by atoms with Crippen LogP contribution in [-0.2, 0) is 12.8 Å². The van der Waals surface area contributed by atoms with E-state index in [1.807, 2.05) is 12.1 Å². The molecule has 2 rings (SSSR count). The number of benzene rings is 1. The van der Waals surface area contributed by atoms with Gasteiger partial charge in [-0.3, -0.25) is 0 Å². The standard InChI is InChI=1S/C17H22BrN3/c1-2-8-20-16(10-13-3-5-15(18)6-4-13)11-14-7-9-21-17(19)12-14/h3-7,9,12,16,20H,2,8,10-11H2,1H3,(H2,19,21). The molecule has 0 radical (unpaired) electrons. The van der Waals surface area contributed by atoms with Gasteiger partial charge in [0.1, 0.15) is 5.82 Å². The molecule has 0 aliphatic carbocycles. The van der Waals surface area contributed by atoms with Gasteiger partial charge in [0.05, 0.1) is 0 Å². The summed E-state index contributed by atoms with van der Waals surface area (Å²) in [5, 5.41) is 3.63. The summed E-state index contributed by atoms with van der Waals surface area (Å²) in [5.74, 6) is 0.588. The minimum atomic E-state index is 0.410. The first-order valence-electron chi connectivity index (χ1n) is 7.35. The first-order valence-corrected chi connectivity index (χ1v) is 8.15. The maximum absolute atomic E-state index is 5.77. The van der Waals surface area contributed by atoms with E-state index in [4.69, 9.17) is 5.73 Å². The molecule has 1 aromatic carbocycles. The predicted octanol–water partition coefficient (Wildman–Crippen LogP) is 3.58. The van der Waals surface area contributed by atoms with Crippen LogP contribution in [0.5, 0.6) is 0 Å². The van der Waals surface area contributed by atoms with Gasteiger partial charge < -0.3 is 11.1 Å². The fourth-order valence-corrected chi connectivity index (χ4v) is 2.64. The number of anilines is 1. The quantitative estimate of drug-likeness (QED) is 0.804. The molecule has 21 heavy (non-hydrogen) atoms. The van der Waals surface area contributed by atoms with Crippen molar-refractivity contribution >= 4 is 21.7 Å². The molecule has 112 valence electrons. The van der Waals surface area contributed by atoms with Crippen molar-refractivity contribution < 1.29 is 0 Å². The summed E-state index contributed by atoms with van der Waals surface area (Å²) in [6.45, 7) is 3.22.